The number of thiazole rings is 1. The van der Waals surface area contributed by atoms with Gasteiger partial charge in [-0.15, -0.1) is 11.3 Å². The van der Waals surface area contributed by atoms with E-state index < -0.39 is 24.1 Å². The SMILES string of the molecule is COC(=O)N[C@@H](Cc1ccccc1)C(=O)N[C@@H](Cc1ccc(C(N)=O)cc1)c1nc(-c2ccc(Cl)cc2)cs1. The van der Waals surface area contributed by atoms with Gasteiger partial charge in [-0.2, -0.15) is 0 Å². The van der Waals surface area contributed by atoms with E-state index in [1.807, 2.05) is 47.8 Å². The molecule has 1 aromatic heterocycles. The number of rotatable bonds is 10. The average molecular weight is 563 g/mol. The van der Waals surface area contributed by atoms with Gasteiger partial charge in [-0.25, -0.2) is 9.78 Å². The first-order valence-electron chi connectivity index (χ1n) is 12.1. The van der Waals surface area contributed by atoms with Crippen LogP contribution in [0.2, 0.25) is 5.02 Å². The number of nitrogens with zero attached hydrogens (tertiary/aromatic N) is 1. The molecular weight excluding hydrogens is 536 g/mol. The molecule has 8 nitrogen and oxygen atoms in total. The highest BCUT2D eigenvalue weighted by Gasteiger charge is 2.26. The number of amides is 3. The van der Waals surface area contributed by atoms with Crippen LogP contribution in [0, 0.1) is 0 Å². The van der Waals surface area contributed by atoms with Crippen molar-refractivity contribution >= 4 is 40.8 Å². The normalized spacial score (nSPS) is 12.3. The molecule has 0 spiro atoms. The molecule has 0 aliphatic rings. The van der Waals surface area contributed by atoms with Crippen LogP contribution in [0.5, 0.6) is 0 Å². The third-order valence-electron chi connectivity index (χ3n) is 6.03. The van der Waals surface area contributed by atoms with Crippen LogP contribution >= 0.6 is 22.9 Å². The van der Waals surface area contributed by atoms with Gasteiger partial charge in [-0.05, 0) is 41.8 Å². The fraction of sp³-hybridized carbons (Fsp3) is 0.172. The second kappa shape index (κ2) is 13.0. The molecule has 3 aromatic carbocycles. The number of carbonyl (C=O) groups is 3. The van der Waals surface area contributed by atoms with Crippen molar-refractivity contribution in [2.45, 2.75) is 24.9 Å². The molecule has 3 amide bonds. The standard InChI is InChI=1S/C29H27ClN4O4S/c1-38-29(37)34-23(15-18-5-3-2-4-6-18)27(36)32-24(16-19-7-9-21(10-8-19)26(31)35)28-33-25(17-39-28)20-11-13-22(30)14-12-20/h2-14,17,23-24H,15-16H2,1H3,(H2,31,35)(H,32,36)(H,34,37)/t23-,24-/m0/s1. The quantitative estimate of drug-likeness (QED) is 0.253. The first-order chi connectivity index (χ1) is 18.8. The van der Waals surface area contributed by atoms with Gasteiger partial charge >= 0.3 is 6.09 Å². The van der Waals surface area contributed by atoms with Crippen molar-refractivity contribution in [3.63, 3.8) is 0 Å². The number of aromatic nitrogens is 1. The zero-order valence-electron chi connectivity index (χ0n) is 21.1. The highest BCUT2D eigenvalue weighted by atomic mass is 35.5. The van der Waals surface area contributed by atoms with E-state index in [1.165, 1.54) is 18.4 Å². The smallest absolute Gasteiger partial charge is 0.407 e. The number of hydrogen-bond donors (Lipinski definition) is 3. The van der Waals surface area contributed by atoms with Gasteiger partial charge in [0, 0.05) is 28.0 Å². The molecular formula is C29H27ClN4O4S. The monoisotopic (exact) mass is 562 g/mol. The first kappa shape index (κ1) is 27.8. The molecule has 0 radical (unpaired) electrons. The minimum atomic E-state index is -0.879. The Hall–Kier alpha value is -4.21. The van der Waals surface area contributed by atoms with Crippen molar-refractivity contribution < 1.29 is 19.1 Å². The van der Waals surface area contributed by atoms with Crippen LogP contribution < -0.4 is 16.4 Å². The average Bonchev–Trinajstić information content (AvgIpc) is 3.44. The van der Waals surface area contributed by atoms with Crippen molar-refractivity contribution in [1.29, 1.82) is 0 Å². The Kier molecular flexibility index (Phi) is 9.30. The molecule has 0 unspecified atom stereocenters. The third kappa shape index (κ3) is 7.66. The summed E-state index contributed by atoms with van der Waals surface area (Å²) in [7, 11) is 1.25. The molecule has 0 saturated heterocycles. The van der Waals surface area contributed by atoms with Gasteiger partial charge in [0.15, 0.2) is 0 Å². The molecule has 2 atom stereocenters. The predicted octanol–water partition coefficient (Wildman–Crippen LogP) is 4.93. The van der Waals surface area contributed by atoms with Crippen LogP contribution in [-0.2, 0) is 22.4 Å². The summed E-state index contributed by atoms with van der Waals surface area (Å²) in [5, 5.41) is 8.94. The molecule has 4 aromatic rings. The molecule has 0 saturated carbocycles. The fourth-order valence-corrected chi connectivity index (χ4v) is 4.98. The van der Waals surface area contributed by atoms with E-state index >= 15 is 0 Å². The summed E-state index contributed by atoms with van der Waals surface area (Å²) >= 11 is 7.45. The summed E-state index contributed by atoms with van der Waals surface area (Å²) in [6.45, 7) is 0. The Morgan fingerprint density at radius 1 is 0.923 bits per heavy atom. The molecule has 10 heteroatoms. The summed E-state index contributed by atoms with van der Waals surface area (Å²) in [5.74, 6) is -0.900. The number of alkyl carbamates (subject to hydrolysis) is 1. The minimum Gasteiger partial charge on any atom is -0.453 e. The Balaban J connectivity index is 1.61. The van der Waals surface area contributed by atoms with Crippen LogP contribution in [-0.4, -0.2) is 36.0 Å². The van der Waals surface area contributed by atoms with E-state index in [9.17, 15) is 14.4 Å². The Bertz CT molecular complexity index is 1430. The van der Waals surface area contributed by atoms with E-state index in [4.69, 9.17) is 27.1 Å². The topological polar surface area (TPSA) is 123 Å². The Labute approximate surface area is 235 Å². The second-order valence-corrected chi connectivity index (χ2v) is 10.1. The lowest BCUT2D eigenvalue weighted by Gasteiger charge is -2.22. The van der Waals surface area contributed by atoms with E-state index in [1.54, 1.807) is 36.4 Å². The molecule has 200 valence electrons. The molecule has 0 aliphatic carbocycles. The molecule has 0 fully saturated rings. The van der Waals surface area contributed by atoms with Gasteiger partial charge < -0.3 is 21.1 Å². The van der Waals surface area contributed by atoms with Gasteiger partial charge in [0.2, 0.25) is 11.8 Å². The van der Waals surface area contributed by atoms with Gasteiger partial charge in [0.25, 0.3) is 0 Å². The predicted molar refractivity (Wildman–Crippen MR) is 152 cm³/mol. The zero-order chi connectivity index (χ0) is 27.8. The van der Waals surface area contributed by atoms with Crippen LogP contribution in [0.1, 0.15) is 32.5 Å². The number of nitrogens with two attached hydrogens (primary N) is 1. The first-order valence-corrected chi connectivity index (χ1v) is 13.4. The highest BCUT2D eigenvalue weighted by Crippen LogP contribution is 2.28. The van der Waals surface area contributed by atoms with Gasteiger partial charge in [0.1, 0.15) is 11.0 Å². The fourth-order valence-electron chi connectivity index (χ4n) is 3.97. The van der Waals surface area contributed by atoms with Crippen molar-refractivity contribution in [3.05, 3.63) is 111 Å². The molecule has 4 rings (SSSR count). The van der Waals surface area contributed by atoms with E-state index in [0.29, 0.717) is 22.0 Å². The molecule has 0 bridgehead atoms. The lowest BCUT2D eigenvalue weighted by molar-refractivity contribution is -0.123. The zero-order valence-corrected chi connectivity index (χ0v) is 22.7. The third-order valence-corrected chi connectivity index (χ3v) is 7.24. The largest absolute Gasteiger partial charge is 0.453 e. The molecule has 0 aliphatic heterocycles. The summed E-state index contributed by atoms with van der Waals surface area (Å²) in [4.78, 5) is 41.9. The molecule has 4 N–H and O–H groups in total. The van der Waals surface area contributed by atoms with E-state index in [0.717, 1.165) is 22.4 Å². The number of nitrogens with one attached hydrogen (secondary N) is 2. The van der Waals surface area contributed by atoms with Crippen molar-refractivity contribution in [3.8, 4) is 11.3 Å². The Morgan fingerprint density at radius 2 is 1.59 bits per heavy atom. The van der Waals surface area contributed by atoms with Crippen LogP contribution in [0.4, 0.5) is 4.79 Å². The Morgan fingerprint density at radius 3 is 2.23 bits per heavy atom. The maximum absolute atomic E-state index is 13.6. The van der Waals surface area contributed by atoms with Gasteiger partial charge in [-0.1, -0.05) is 66.2 Å². The number of carbonyl (C=O) groups excluding carboxylic acids is 3. The number of hydrogen-bond acceptors (Lipinski definition) is 6. The van der Waals surface area contributed by atoms with E-state index in [2.05, 4.69) is 10.6 Å². The van der Waals surface area contributed by atoms with Crippen LogP contribution in [0.3, 0.4) is 0 Å². The van der Waals surface area contributed by atoms with E-state index in [-0.39, 0.29) is 12.3 Å². The number of methoxy groups -OCH3 is 1. The number of benzene rings is 3. The maximum atomic E-state index is 13.6. The van der Waals surface area contributed by atoms with Crippen LogP contribution in [0.15, 0.2) is 84.2 Å². The highest BCUT2D eigenvalue weighted by molar-refractivity contribution is 7.10. The van der Waals surface area contributed by atoms with Crippen molar-refractivity contribution in [1.82, 2.24) is 15.6 Å². The molecule has 39 heavy (non-hydrogen) atoms. The number of primary amides is 1. The van der Waals surface area contributed by atoms with Crippen molar-refractivity contribution in [2.24, 2.45) is 5.73 Å². The number of halogens is 1. The summed E-state index contributed by atoms with van der Waals surface area (Å²) < 4.78 is 4.76. The lowest BCUT2D eigenvalue weighted by Crippen LogP contribution is -2.49. The second-order valence-electron chi connectivity index (χ2n) is 8.78. The van der Waals surface area contributed by atoms with Crippen LogP contribution in [0.25, 0.3) is 11.3 Å². The molecule has 1 heterocycles. The number of ether oxygens (including phenoxy) is 1. The summed E-state index contributed by atoms with van der Waals surface area (Å²) in [6.07, 6.45) is -0.0337. The minimum absolute atomic E-state index is 0.274. The van der Waals surface area contributed by atoms with Crippen molar-refractivity contribution in [2.75, 3.05) is 7.11 Å². The van der Waals surface area contributed by atoms with Gasteiger partial charge in [-0.3, -0.25) is 9.59 Å². The summed E-state index contributed by atoms with van der Waals surface area (Å²) in [6, 6.07) is 22.2. The maximum Gasteiger partial charge on any atom is 0.407 e. The lowest BCUT2D eigenvalue weighted by atomic mass is 10.0. The van der Waals surface area contributed by atoms with Gasteiger partial charge in [0.05, 0.1) is 18.8 Å². The summed E-state index contributed by atoms with van der Waals surface area (Å²) in [5.41, 5.74) is 9.17.